The van der Waals surface area contributed by atoms with Gasteiger partial charge in [-0.2, -0.15) is 0 Å². The molecule has 0 fully saturated rings. The SMILES string of the molecule is CCOC(=O)c1c(NC(=O)CN(CC)CC)sc(C)c1-c1ccccc1. The highest BCUT2D eigenvalue weighted by Gasteiger charge is 2.25. The largest absolute Gasteiger partial charge is 0.462 e. The molecule has 0 radical (unpaired) electrons. The lowest BCUT2D eigenvalue weighted by Gasteiger charge is -2.17. The fourth-order valence-corrected chi connectivity index (χ4v) is 3.88. The third kappa shape index (κ3) is 4.71. The standard InChI is InChI=1S/C20H26N2O3S/c1-5-22(6-2)13-16(23)21-19-18(20(24)25-7-3)17(14(4)26-19)15-11-9-8-10-12-15/h8-12H,5-7,13H2,1-4H3,(H,21,23). The number of likely N-dealkylation sites (N-methyl/N-ethyl adjacent to an activating group) is 1. The Morgan fingerprint density at radius 3 is 2.35 bits per heavy atom. The zero-order valence-electron chi connectivity index (χ0n) is 15.8. The van der Waals surface area contributed by atoms with Gasteiger partial charge in [0.1, 0.15) is 10.6 Å². The Labute approximate surface area is 159 Å². The van der Waals surface area contributed by atoms with Gasteiger partial charge in [-0.05, 0) is 32.5 Å². The molecule has 1 N–H and O–H groups in total. The summed E-state index contributed by atoms with van der Waals surface area (Å²) in [6, 6.07) is 9.71. The molecule has 5 nitrogen and oxygen atoms in total. The van der Waals surface area contributed by atoms with E-state index in [1.807, 2.05) is 56.0 Å². The van der Waals surface area contributed by atoms with Crippen LogP contribution in [0.2, 0.25) is 0 Å². The van der Waals surface area contributed by atoms with E-state index in [2.05, 4.69) is 5.32 Å². The molecule has 1 amide bonds. The van der Waals surface area contributed by atoms with Crippen molar-refractivity contribution in [1.29, 1.82) is 0 Å². The van der Waals surface area contributed by atoms with Crippen LogP contribution in [0.5, 0.6) is 0 Å². The minimum Gasteiger partial charge on any atom is -0.462 e. The van der Waals surface area contributed by atoms with Crippen molar-refractivity contribution in [3.63, 3.8) is 0 Å². The number of nitrogens with one attached hydrogen (secondary N) is 1. The number of nitrogens with zero attached hydrogens (tertiary/aromatic N) is 1. The van der Waals surface area contributed by atoms with Crippen LogP contribution >= 0.6 is 11.3 Å². The van der Waals surface area contributed by atoms with Crippen molar-refractivity contribution in [1.82, 2.24) is 4.90 Å². The van der Waals surface area contributed by atoms with Crippen LogP contribution in [-0.2, 0) is 9.53 Å². The molecule has 6 heteroatoms. The van der Waals surface area contributed by atoms with Gasteiger partial charge in [-0.25, -0.2) is 4.79 Å². The van der Waals surface area contributed by atoms with Crippen molar-refractivity contribution >= 4 is 28.2 Å². The Morgan fingerprint density at radius 2 is 1.77 bits per heavy atom. The van der Waals surface area contributed by atoms with Crippen LogP contribution in [0.15, 0.2) is 30.3 Å². The Kier molecular flexibility index (Phi) is 7.36. The number of carbonyl (C=O) groups is 2. The lowest BCUT2D eigenvalue weighted by molar-refractivity contribution is -0.117. The van der Waals surface area contributed by atoms with Crippen molar-refractivity contribution < 1.29 is 14.3 Å². The summed E-state index contributed by atoms with van der Waals surface area (Å²) in [5, 5.41) is 3.47. The van der Waals surface area contributed by atoms with Crippen LogP contribution in [0.25, 0.3) is 11.1 Å². The van der Waals surface area contributed by atoms with Crippen molar-refractivity contribution in [2.24, 2.45) is 0 Å². The Hall–Kier alpha value is -2.18. The number of ether oxygens (including phenoxy) is 1. The van der Waals surface area contributed by atoms with E-state index in [4.69, 9.17) is 4.74 Å². The molecule has 1 heterocycles. The number of rotatable bonds is 8. The van der Waals surface area contributed by atoms with E-state index in [9.17, 15) is 9.59 Å². The molecule has 1 aromatic carbocycles. The Balaban J connectivity index is 2.40. The van der Waals surface area contributed by atoms with Crippen molar-refractivity contribution in [3.8, 4) is 11.1 Å². The Morgan fingerprint density at radius 1 is 1.12 bits per heavy atom. The fourth-order valence-electron chi connectivity index (χ4n) is 2.80. The first-order valence-electron chi connectivity index (χ1n) is 8.89. The van der Waals surface area contributed by atoms with Gasteiger partial charge in [-0.3, -0.25) is 9.69 Å². The first kappa shape index (κ1) is 20.1. The predicted octanol–water partition coefficient (Wildman–Crippen LogP) is 4.18. The average molecular weight is 375 g/mol. The molecular weight excluding hydrogens is 348 g/mol. The van der Waals surface area contributed by atoms with Crippen molar-refractivity contribution in [2.45, 2.75) is 27.7 Å². The van der Waals surface area contributed by atoms with Gasteiger partial charge in [0.2, 0.25) is 5.91 Å². The summed E-state index contributed by atoms with van der Waals surface area (Å²) in [6.45, 7) is 9.95. The van der Waals surface area contributed by atoms with E-state index in [1.165, 1.54) is 11.3 Å². The summed E-state index contributed by atoms with van der Waals surface area (Å²) < 4.78 is 5.26. The number of benzene rings is 1. The first-order chi connectivity index (χ1) is 12.5. The quantitative estimate of drug-likeness (QED) is 0.704. The second-order valence-corrected chi connectivity index (χ2v) is 7.06. The number of amides is 1. The number of hydrogen-bond acceptors (Lipinski definition) is 5. The van der Waals surface area contributed by atoms with Gasteiger partial charge >= 0.3 is 5.97 Å². The van der Waals surface area contributed by atoms with Gasteiger partial charge in [0, 0.05) is 10.4 Å². The smallest absolute Gasteiger partial charge is 0.341 e. The molecule has 0 atom stereocenters. The highest BCUT2D eigenvalue weighted by Crippen LogP contribution is 2.40. The van der Waals surface area contributed by atoms with Gasteiger partial charge < -0.3 is 10.1 Å². The van der Waals surface area contributed by atoms with Crippen LogP contribution in [0.1, 0.15) is 36.0 Å². The molecule has 0 saturated carbocycles. The van der Waals surface area contributed by atoms with Crippen molar-refractivity contribution in [3.05, 3.63) is 40.8 Å². The number of esters is 1. The molecule has 1 aromatic heterocycles. The molecule has 0 bridgehead atoms. The van der Waals surface area contributed by atoms with Crippen LogP contribution in [0, 0.1) is 6.92 Å². The van der Waals surface area contributed by atoms with Gasteiger partial charge in [0.15, 0.2) is 0 Å². The van der Waals surface area contributed by atoms with E-state index in [1.54, 1.807) is 6.92 Å². The average Bonchev–Trinajstić information content (AvgIpc) is 2.96. The van der Waals surface area contributed by atoms with Gasteiger partial charge in [0.25, 0.3) is 0 Å². The molecule has 0 unspecified atom stereocenters. The molecule has 0 aliphatic heterocycles. The fraction of sp³-hybridized carbons (Fsp3) is 0.400. The second-order valence-electron chi connectivity index (χ2n) is 5.83. The van der Waals surface area contributed by atoms with E-state index in [-0.39, 0.29) is 12.5 Å². The van der Waals surface area contributed by atoms with Crippen molar-refractivity contribution in [2.75, 3.05) is 31.6 Å². The highest BCUT2D eigenvalue weighted by atomic mass is 32.1. The molecule has 0 spiro atoms. The van der Waals surface area contributed by atoms with Crippen LogP contribution in [0.3, 0.4) is 0 Å². The minimum absolute atomic E-state index is 0.125. The van der Waals surface area contributed by atoms with Gasteiger partial charge in [-0.1, -0.05) is 44.2 Å². The first-order valence-corrected chi connectivity index (χ1v) is 9.71. The monoisotopic (exact) mass is 374 g/mol. The molecule has 0 saturated heterocycles. The van der Waals surface area contributed by atoms with E-state index in [0.717, 1.165) is 29.1 Å². The second kappa shape index (κ2) is 9.50. The Bertz CT molecular complexity index is 752. The number of hydrogen-bond donors (Lipinski definition) is 1. The van der Waals surface area contributed by atoms with Crippen LogP contribution in [-0.4, -0.2) is 43.0 Å². The topological polar surface area (TPSA) is 58.6 Å². The molecule has 2 rings (SSSR count). The van der Waals surface area contributed by atoms with E-state index < -0.39 is 5.97 Å². The number of thiophene rings is 1. The number of anilines is 1. The molecule has 140 valence electrons. The normalized spacial score (nSPS) is 10.8. The molecular formula is C20H26N2O3S. The zero-order chi connectivity index (χ0) is 19.1. The molecule has 26 heavy (non-hydrogen) atoms. The summed E-state index contributed by atoms with van der Waals surface area (Å²) in [7, 11) is 0. The van der Waals surface area contributed by atoms with Crippen LogP contribution < -0.4 is 5.32 Å². The maximum atomic E-state index is 12.6. The summed E-state index contributed by atoms with van der Waals surface area (Å²) in [6.07, 6.45) is 0. The summed E-state index contributed by atoms with van der Waals surface area (Å²) in [5.74, 6) is -0.533. The minimum atomic E-state index is -0.408. The summed E-state index contributed by atoms with van der Waals surface area (Å²) >= 11 is 1.41. The highest BCUT2D eigenvalue weighted by molar-refractivity contribution is 7.17. The lowest BCUT2D eigenvalue weighted by atomic mass is 10.0. The van der Waals surface area contributed by atoms with E-state index >= 15 is 0 Å². The van der Waals surface area contributed by atoms with Gasteiger partial charge in [0.05, 0.1) is 13.2 Å². The third-order valence-corrected chi connectivity index (χ3v) is 5.16. The predicted molar refractivity (Wildman–Crippen MR) is 107 cm³/mol. The van der Waals surface area contributed by atoms with Gasteiger partial charge in [-0.15, -0.1) is 11.3 Å². The number of carbonyl (C=O) groups excluding carboxylic acids is 2. The molecule has 0 aliphatic carbocycles. The lowest BCUT2D eigenvalue weighted by Crippen LogP contribution is -2.33. The summed E-state index contributed by atoms with van der Waals surface area (Å²) in [4.78, 5) is 28.0. The molecule has 0 aliphatic rings. The maximum absolute atomic E-state index is 12.6. The summed E-state index contributed by atoms with van der Waals surface area (Å²) in [5.41, 5.74) is 2.20. The van der Waals surface area contributed by atoms with E-state index in [0.29, 0.717) is 17.1 Å². The van der Waals surface area contributed by atoms with Crippen LogP contribution in [0.4, 0.5) is 5.00 Å². The maximum Gasteiger partial charge on any atom is 0.341 e. The zero-order valence-corrected chi connectivity index (χ0v) is 16.6. The molecule has 2 aromatic rings. The third-order valence-electron chi connectivity index (χ3n) is 4.14. The number of aryl methyl sites for hydroxylation is 1.